The molecule has 6 rings (SSSR count). The zero-order valence-corrected chi connectivity index (χ0v) is 22.1. The van der Waals surface area contributed by atoms with Crippen LogP contribution in [0, 0.1) is 0 Å². The Kier molecular flexibility index (Phi) is 6.77. The maximum Gasteiger partial charge on any atom is 0.150 e. The molecule has 0 aliphatic heterocycles. The number of rotatable bonds is 10. The molecule has 0 saturated heterocycles. The van der Waals surface area contributed by atoms with Crippen LogP contribution >= 0.6 is 0 Å². The Balaban J connectivity index is 1.33. The van der Waals surface area contributed by atoms with E-state index in [1.54, 1.807) is 14.2 Å². The number of aryl methyl sites for hydroxylation is 2. The van der Waals surface area contributed by atoms with E-state index in [0.717, 1.165) is 58.1 Å². The molecule has 0 unspecified atom stereocenters. The summed E-state index contributed by atoms with van der Waals surface area (Å²) in [6, 6.07) is 22.2. The number of methoxy groups -OCH3 is 2. The van der Waals surface area contributed by atoms with Crippen LogP contribution in [-0.4, -0.2) is 39.0 Å². The monoisotopic (exact) mass is 520 g/mol. The molecular weight excluding hydrogens is 488 g/mol. The molecule has 8 heteroatoms. The second-order valence-corrected chi connectivity index (χ2v) is 9.77. The number of para-hydroxylation sites is 2. The lowest BCUT2D eigenvalue weighted by Gasteiger charge is -2.17. The Morgan fingerprint density at radius 3 is 2.21 bits per heavy atom. The van der Waals surface area contributed by atoms with Gasteiger partial charge in [0.2, 0.25) is 0 Å². The smallest absolute Gasteiger partial charge is 0.150 e. The fraction of sp³-hybridized carbons (Fsp3) is 0.226. The molecule has 39 heavy (non-hydrogen) atoms. The van der Waals surface area contributed by atoms with E-state index in [2.05, 4.69) is 61.3 Å². The van der Waals surface area contributed by atoms with Gasteiger partial charge in [0.15, 0.2) is 5.82 Å². The summed E-state index contributed by atoms with van der Waals surface area (Å²) in [5, 5.41) is 11.7. The minimum Gasteiger partial charge on any atom is -0.497 e. The normalized spacial score (nSPS) is 12.3. The molecule has 0 spiro atoms. The van der Waals surface area contributed by atoms with Gasteiger partial charge >= 0.3 is 0 Å². The highest BCUT2D eigenvalue weighted by atomic mass is 16.5. The van der Waals surface area contributed by atoms with Crippen molar-refractivity contribution in [3.8, 4) is 11.5 Å². The van der Waals surface area contributed by atoms with Crippen molar-refractivity contribution in [3.63, 3.8) is 0 Å². The van der Waals surface area contributed by atoms with Crippen LogP contribution in [-0.2, 0) is 25.8 Å². The molecular formula is C31H32N6O2. The van der Waals surface area contributed by atoms with Gasteiger partial charge in [-0.2, -0.15) is 0 Å². The van der Waals surface area contributed by atoms with Gasteiger partial charge in [-0.1, -0.05) is 36.4 Å². The van der Waals surface area contributed by atoms with Gasteiger partial charge in [-0.15, -0.1) is 10.2 Å². The second-order valence-electron chi connectivity index (χ2n) is 9.77. The highest BCUT2D eigenvalue weighted by Crippen LogP contribution is 2.28. The van der Waals surface area contributed by atoms with E-state index in [-0.39, 0.29) is 6.04 Å². The highest BCUT2D eigenvalue weighted by Gasteiger charge is 2.21. The lowest BCUT2D eigenvalue weighted by atomic mass is 10.0. The van der Waals surface area contributed by atoms with Crippen LogP contribution in [0.4, 0.5) is 0 Å². The average molecular weight is 521 g/mol. The van der Waals surface area contributed by atoms with Crippen molar-refractivity contribution in [1.29, 1.82) is 0 Å². The van der Waals surface area contributed by atoms with Gasteiger partial charge in [-0.05, 0) is 48.2 Å². The van der Waals surface area contributed by atoms with Crippen LogP contribution in [0.3, 0.4) is 0 Å². The first kappa shape index (κ1) is 24.8. The Morgan fingerprint density at radius 2 is 1.49 bits per heavy atom. The molecule has 3 heterocycles. The summed E-state index contributed by atoms with van der Waals surface area (Å²) in [6.45, 7) is 0.542. The van der Waals surface area contributed by atoms with Gasteiger partial charge < -0.3 is 29.7 Å². The molecule has 0 aliphatic rings. The molecule has 0 aliphatic carbocycles. The van der Waals surface area contributed by atoms with Gasteiger partial charge in [-0.25, -0.2) is 0 Å². The third-order valence-corrected chi connectivity index (χ3v) is 7.42. The maximum absolute atomic E-state index is 6.83. The molecule has 8 nitrogen and oxygen atoms in total. The summed E-state index contributed by atoms with van der Waals surface area (Å²) in [7, 11) is 3.32. The van der Waals surface area contributed by atoms with E-state index in [0.29, 0.717) is 13.0 Å². The Labute approximate surface area is 226 Å². The number of fused-ring (bicyclic) bond motifs is 2. The highest BCUT2D eigenvalue weighted by molar-refractivity contribution is 5.83. The topological polar surface area (TPSA) is 107 Å². The second kappa shape index (κ2) is 10.7. The standard InChI is InChI=1S/C31H32N6O2/c1-38-23-13-11-21(29(16-23)39-2)19-37-30(14-12-20-17-33-27-9-5-3-7-24(20)27)35-36-31(37)26(32)15-22-18-34-28-10-6-4-8-25(22)28/h3-11,13,16-18,26,33-34H,12,14-15,19,32H2,1-2H3/t26-/m1/s1. The van der Waals surface area contributed by atoms with E-state index >= 15 is 0 Å². The number of ether oxygens (including phenoxy) is 2. The van der Waals surface area contributed by atoms with Crippen molar-refractivity contribution >= 4 is 21.8 Å². The summed E-state index contributed by atoms with van der Waals surface area (Å²) >= 11 is 0. The van der Waals surface area contributed by atoms with E-state index in [9.17, 15) is 0 Å². The van der Waals surface area contributed by atoms with Crippen LogP contribution in [0.1, 0.15) is 34.4 Å². The number of benzene rings is 3. The lowest BCUT2D eigenvalue weighted by molar-refractivity contribution is 0.389. The van der Waals surface area contributed by atoms with Crippen molar-refractivity contribution in [2.24, 2.45) is 5.73 Å². The van der Waals surface area contributed by atoms with Crippen molar-refractivity contribution in [1.82, 2.24) is 24.7 Å². The number of hydrogen-bond donors (Lipinski definition) is 3. The molecule has 0 bridgehead atoms. The molecule has 1 atom stereocenters. The number of nitrogens with one attached hydrogen (secondary N) is 2. The molecule has 0 fully saturated rings. The van der Waals surface area contributed by atoms with Crippen LogP contribution in [0.2, 0.25) is 0 Å². The van der Waals surface area contributed by atoms with E-state index in [1.165, 1.54) is 16.3 Å². The first-order valence-electron chi connectivity index (χ1n) is 13.1. The van der Waals surface area contributed by atoms with Crippen molar-refractivity contribution in [3.05, 3.63) is 107 Å². The quantitative estimate of drug-likeness (QED) is 0.226. The van der Waals surface area contributed by atoms with Gasteiger partial charge in [-0.3, -0.25) is 0 Å². The Bertz CT molecular complexity index is 1730. The van der Waals surface area contributed by atoms with Gasteiger partial charge in [0.05, 0.1) is 26.8 Å². The number of nitrogens with zero attached hydrogens (tertiary/aromatic N) is 3. The van der Waals surface area contributed by atoms with Gasteiger partial charge in [0.25, 0.3) is 0 Å². The summed E-state index contributed by atoms with van der Waals surface area (Å²) in [4.78, 5) is 6.72. The fourth-order valence-corrected chi connectivity index (χ4v) is 5.35. The minimum atomic E-state index is -0.331. The molecule has 0 amide bonds. The third kappa shape index (κ3) is 4.86. The molecule has 3 aromatic heterocycles. The number of nitrogens with two attached hydrogens (primary N) is 1. The SMILES string of the molecule is COc1ccc(Cn2c(CCc3c[nH]c4ccccc34)nnc2[C@H](N)Cc2c[nH]c3ccccc23)c(OC)c1. The van der Waals surface area contributed by atoms with E-state index < -0.39 is 0 Å². The van der Waals surface area contributed by atoms with E-state index in [1.807, 2.05) is 42.6 Å². The molecule has 4 N–H and O–H groups in total. The molecule has 0 saturated carbocycles. The van der Waals surface area contributed by atoms with E-state index in [4.69, 9.17) is 15.2 Å². The fourth-order valence-electron chi connectivity index (χ4n) is 5.35. The van der Waals surface area contributed by atoms with Crippen molar-refractivity contribution in [2.45, 2.75) is 31.8 Å². The summed E-state index contributed by atoms with van der Waals surface area (Å²) in [5.74, 6) is 3.14. The largest absolute Gasteiger partial charge is 0.497 e. The number of H-pyrrole nitrogens is 2. The molecule has 6 aromatic rings. The summed E-state index contributed by atoms with van der Waals surface area (Å²) in [6.07, 6.45) is 6.33. The van der Waals surface area contributed by atoms with Gasteiger partial charge in [0.1, 0.15) is 17.3 Å². The van der Waals surface area contributed by atoms with Crippen molar-refractivity contribution in [2.75, 3.05) is 14.2 Å². The molecule has 3 aromatic carbocycles. The minimum absolute atomic E-state index is 0.331. The lowest BCUT2D eigenvalue weighted by Crippen LogP contribution is -2.21. The average Bonchev–Trinajstić information content (AvgIpc) is 3.69. The number of aromatic nitrogens is 5. The zero-order valence-electron chi connectivity index (χ0n) is 22.1. The Morgan fingerprint density at radius 1 is 0.795 bits per heavy atom. The van der Waals surface area contributed by atoms with Crippen LogP contribution in [0.15, 0.2) is 79.1 Å². The van der Waals surface area contributed by atoms with Gasteiger partial charge in [0, 0.05) is 52.3 Å². The summed E-state index contributed by atoms with van der Waals surface area (Å²) < 4.78 is 13.3. The maximum atomic E-state index is 6.83. The van der Waals surface area contributed by atoms with Crippen LogP contribution in [0.25, 0.3) is 21.8 Å². The number of hydrogen-bond acceptors (Lipinski definition) is 5. The predicted molar refractivity (Wildman–Crippen MR) is 153 cm³/mol. The zero-order chi connectivity index (χ0) is 26.8. The first-order valence-corrected chi connectivity index (χ1v) is 13.1. The predicted octanol–water partition coefficient (Wildman–Crippen LogP) is 5.33. The first-order chi connectivity index (χ1) is 19.1. The molecule has 0 radical (unpaired) electrons. The van der Waals surface area contributed by atoms with Crippen LogP contribution < -0.4 is 15.2 Å². The Hall–Kier alpha value is -4.56. The van der Waals surface area contributed by atoms with Crippen LogP contribution in [0.5, 0.6) is 11.5 Å². The third-order valence-electron chi connectivity index (χ3n) is 7.42. The van der Waals surface area contributed by atoms with Crippen molar-refractivity contribution < 1.29 is 9.47 Å². The molecule has 198 valence electrons. The number of aromatic amines is 2. The summed E-state index contributed by atoms with van der Waals surface area (Å²) in [5.41, 5.74) is 12.5.